The molecule has 1 aromatic rings. The van der Waals surface area contributed by atoms with Crippen LogP contribution in [0.4, 0.5) is 4.79 Å². The predicted octanol–water partition coefficient (Wildman–Crippen LogP) is -0.157. The zero-order valence-electron chi connectivity index (χ0n) is 9.41. The molecule has 2 rings (SSSR count). The Kier molecular flexibility index (Phi) is 4.00. The van der Waals surface area contributed by atoms with Crippen molar-refractivity contribution in [1.29, 1.82) is 0 Å². The van der Waals surface area contributed by atoms with Crippen LogP contribution >= 0.6 is 0 Å². The maximum Gasteiger partial charge on any atom is 0.563 e. The van der Waals surface area contributed by atoms with E-state index in [4.69, 9.17) is 9.39 Å². The minimum Gasteiger partial charge on any atom is -0.489 e. The van der Waals surface area contributed by atoms with E-state index < -0.39 is 13.2 Å². The highest BCUT2D eigenvalue weighted by atomic mass is 16.6. The maximum atomic E-state index is 11.7. The van der Waals surface area contributed by atoms with E-state index in [1.165, 1.54) is 4.90 Å². The van der Waals surface area contributed by atoms with Crippen LogP contribution in [0.1, 0.15) is 0 Å². The van der Waals surface area contributed by atoms with Crippen LogP contribution < -0.4 is 5.46 Å². The Morgan fingerprint density at radius 2 is 1.94 bits per heavy atom. The van der Waals surface area contributed by atoms with E-state index >= 15 is 0 Å². The van der Waals surface area contributed by atoms with Crippen molar-refractivity contribution >= 4 is 18.7 Å². The lowest BCUT2D eigenvalue weighted by Crippen LogP contribution is -2.45. The fraction of sp³-hybridized carbons (Fsp3) is 0.364. The van der Waals surface area contributed by atoms with Gasteiger partial charge in [0.25, 0.3) is 0 Å². The van der Waals surface area contributed by atoms with Gasteiger partial charge in [0.05, 0.1) is 13.2 Å². The molecule has 1 aliphatic heterocycles. The van der Waals surface area contributed by atoms with Gasteiger partial charge in [0, 0.05) is 13.1 Å². The molecule has 1 fully saturated rings. The van der Waals surface area contributed by atoms with Crippen molar-refractivity contribution in [2.75, 3.05) is 26.3 Å². The first-order chi connectivity index (χ1) is 8.27. The maximum absolute atomic E-state index is 11.7. The lowest BCUT2D eigenvalue weighted by atomic mass is 9.80. The third-order valence-electron chi connectivity index (χ3n) is 2.57. The smallest absolute Gasteiger partial charge is 0.489 e. The molecule has 1 aromatic carbocycles. The Balaban J connectivity index is 1.89. The first kappa shape index (κ1) is 11.9. The Bertz CT molecular complexity index is 367. The first-order valence-corrected chi connectivity index (χ1v) is 5.53. The standard InChI is InChI=1S/C11H14BNO4/c14-11(13-6-8-16-9-7-13)17-12(15)10-4-2-1-3-5-10/h1-5,15H,6-9H2. The molecule has 0 spiro atoms. The molecule has 1 aliphatic rings. The van der Waals surface area contributed by atoms with E-state index in [0.29, 0.717) is 31.8 Å². The number of hydrogen-bond donors (Lipinski definition) is 1. The molecule has 90 valence electrons. The third-order valence-corrected chi connectivity index (χ3v) is 2.57. The highest BCUT2D eigenvalue weighted by Gasteiger charge is 2.25. The number of nitrogens with zero attached hydrogens (tertiary/aromatic N) is 1. The fourth-order valence-corrected chi connectivity index (χ4v) is 1.60. The summed E-state index contributed by atoms with van der Waals surface area (Å²) in [5.41, 5.74) is 0.564. The number of amides is 1. The van der Waals surface area contributed by atoms with Crippen molar-refractivity contribution in [2.24, 2.45) is 0 Å². The minimum absolute atomic E-state index is 0.500. The molecular weight excluding hydrogens is 221 g/mol. The summed E-state index contributed by atoms with van der Waals surface area (Å²) in [5, 5.41) is 9.72. The SMILES string of the molecule is O=C(OB(O)c1ccccc1)N1CCOCC1. The molecule has 17 heavy (non-hydrogen) atoms. The normalized spacial score (nSPS) is 15.5. The third kappa shape index (κ3) is 3.21. The second kappa shape index (κ2) is 5.70. The van der Waals surface area contributed by atoms with E-state index in [-0.39, 0.29) is 0 Å². The van der Waals surface area contributed by atoms with E-state index in [9.17, 15) is 9.82 Å². The number of rotatable bonds is 2. The van der Waals surface area contributed by atoms with Crippen molar-refractivity contribution in [3.63, 3.8) is 0 Å². The second-order valence-corrected chi connectivity index (χ2v) is 3.75. The molecule has 0 radical (unpaired) electrons. The lowest BCUT2D eigenvalue weighted by Gasteiger charge is -2.26. The Morgan fingerprint density at radius 1 is 1.29 bits per heavy atom. The van der Waals surface area contributed by atoms with Gasteiger partial charge < -0.3 is 19.3 Å². The molecule has 0 aliphatic carbocycles. The van der Waals surface area contributed by atoms with Gasteiger partial charge in [-0.15, -0.1) is 0 Å². The van der Waals surface area contributed by atoms with E-state index in [1.54, 1.807) is 24.3 Å². The number of carbonyl (C=O) groups is 1. The van der Waals surface area contributed by atoms with Gasteiger partial charge in [-0.3, -0.25) is 0 Å². The molecule has 1 amide bonds. The highest BCUT2D eigenvalue weighted by molar-refractivity contribution is 6.61. The summed E-state index contributed by atoms with van der Waals surface area (Å²) in [6.45, 7) is 2.02. The van der Waals surface area contributed by atoms with E-state index in [0.717, 1.165) is 0 Å². The van der Waals surface area contributed by atoms with Crippen molar-refractivity contribution < 1.29 is 19.2 Å². The Morgan fingerprint density at radius 3 is 2.59 bits per heavy atom. The van der Waals surface area contributed by atoms with Crippen molar-refractivity contribution in [3.05, 3.63) is 30.3 Å². The molecule has 1 saturated heterocycles. The molecule has 0 saturated carbocycles. The van der Waals surface area contributed by atoms with Crippen LogP contribution in [0.2, 0.25) is 0 Å². The lowest BCUT2D eigenvalue weighted by molar-refractivity contribution is 0.0401. The average Bonchev–Trinajstić information content (AvgIpc) is 2.40. The zero-order valence-corrected chi connectivity index (χ0v) is 9.41. The molecule has 1 heterocycles. The molecule has 0 bridgehead atoms. The fourth-order valence-electron chi connectivity index (χ4n) is 1.60. The Hall–Kier alpha value is -1.53. The summed E-state index contributed by atoms with van der Waals surface area (Å²) in [7, 11) is -1.22. The minimum atomic E-state index is -1.22. The average molecular weight is 235 g/mol. The van der Waals surface area contributed by atoms with Crippen LogP contribution in [-0.2, 0) is 9.39 Å². The first-order valence-electron chi connectivity index (χ1n) is 5.53. The Labute approximate surface area is 100 Å². The number of morpholine rings is 1. The van der Waals surface area contributed by atoms with Crippen molar-refractivity contribution in [1.82, 2.24) is 4.90 Å². The molecular formula is C11H14BNO4. The number of benzene rings is 1. The van der Waals surface area contributed by atoms with Gasteiger partial charge in [0.1, 0.15) is 0 Å². The number of hydrogen-bond acceptors (Lipinski definition) is 4. The van der Waals surface area contributed by atoms with Gasteiger partial charge in [0.15, 0.2) is 0 Å². The largest absolute Gasteiger partial charge is 0.563 e. The summed E-state index contributed by atoms with van der Waals surface area (Å²) in [4.78, 5) is 13.2. The summed E-state index contributed by atoms with van der Waals surface area (Å²) in [5.74, 6) is 0. The zero-order chi connectivity index (χ0) is 12.1. The van der Waals surface area contributed by atoms with Crippen molar-refractivity contribution in [2.45, 2.75) is 0 Å². The van der Waals surface area contributed by atoms with Gasteiger partial charge in [-0.25, -0.2) is 4.79 Å². The topological polar surface area (TPSA) is 59.0 Å². The second-order valence-electron chi connectivity index (χ2n) is 3.75. The van der Waals surface area contributed by atoms with Gasteiger partial charge in [-0.05, 0) is 5.46 Å². The molecule has 0 atom stereocenters. The van der Waals surface area contributed by atoms with Crippen LogP contribution in [0.3, 0.4) is 0 Å². The van der Waals surface area contributed by atoms with E-state index in [1.807, 2.05) is 6.07 Å². The van der Waals surface area contributed by atoms with Crippen LogP contribution in [0.15, 0.2) is 30.3 Å². The summed E-state index contributed by atoms with van der Waals surface area (Å²) in [6, 6.07) is 8.80. The molecule has 1 N–H and O–H groups in total. The van der Waals surface area contributed by atoms with Crippen LogP contribution in [0.25, 0.3) is 0 Å². The molecule has 6 heteroatoms. The summed E-state index contributed by atoms with van der Waals surface area (Å²) in [6.07, 6.45) is -0.510. The van der Waals surface area contributed by atoms with Gasteiger partial charge in [-0.2, -0.15) is 0 Å². The van der Waals surface area contributed by atoms with Gasteiger partial charge >= 0.3 is 13.2 Å². The molecule has 5 nitrogen and oxygen atoms in total. The summed E-state index contributed by atoms with van der Waals surface area (Å²) < 4.78 is 10.1. The van der Waals surface area contributed by atoms with E-state index in [2.05, 4.69) is 0 Å². The predicted molar refractivity (Wildman–Crippen MR) is 62.9 cm³/mol. The molecule has 0 aromatic heterocycles. The van der Waals surface area contributed by atoms with Crippen LogP contribution in [-0.4, -0.2) is 49.4 Å². The molecule has 0 unspecified atom stereocenters. The van der Waals surface area contributed by atoms with Crippen molar-refractivity contribution in [3.8, 4) is 0 Å². The number of carbonyl (C=O) groups excluding carboxylic acids is 1. The van der Waals surface area contributed by atoms with Gasteiger partial charge in [0.2, 0.25) is 0 Å². The number of ether oxygens (including phenoxy) is 1. The highest BCUT2D eigenvalue weighted by Crippen LogP contribution is 2.00. The van der Waals surface area contributed by atoms with Gasteiger partial charge in [-0.1, -0.05) is 30.3 Å². The quantitative estimate of drug-likeness (QED) is 0.724. The van der Waals surface area contributed by atoms with Crippen LogP contribution in [0, 0.1) is 0 Å². The van der Waals surface area contributed by atoms with Crippen LogP contribution in [0.5, 0.6) is 0 Å². The summed E-state index contributed by atoms with van der Waals surface area (Å²) >= 11 is 0. The monoisotopic (exact) mass is 235 g/mol.